The summed E-state index contributed by atoms with van der Waals surface area (Å²) in [5.74, 6) is 0.0159. The number of ketones is 1. The lowest BCUT2D eigenvalue weighted by Crippen LogP contribution is -2.60. The summed E-state index contributed by atoms with van der Waals surface area (Å²) in [7, 11) is 0. The second kappa shape index (κ2) is 8.34. The lowest BCUT2D eigenvalue weighted by Gasteiger charge is -2.43. The Morgan fingerprint density at radius 3 is 2.38 bits per heavy atom. The van der Waals surface area contributed by atoms with E-state index in [9.17, 15) is 30.3 Å². The Balaban J connectivity index is 1.88. The molecule has 3 aliphatic rings. The summed E-state index contributed by atoms with van der Waals surface area (Å²) in [5.41, 5.74) is 0.714. The number of rotatable bonds is 4. The van der Waals surface area contributed by atoms with E-state index in [1.807, 2.05) is 13.8 Å². The number of allylic oxidation sites excluding steroid dienone is 2. The van der Waals surface area contributed by atoms with Crippen molar-refractivity contribution >= 4 is 5.78 Å². The first-order chi connectivity index (χ1) is 13.5. The highest BCUT2D eigenvalue weighted by Gasteiger charge is 2.49. The molecule has 166 valence electrons. The van der Waals surface area contributed by atoms with E-state index in [0.29, 0.717) is 19.3 Å². The van der Waals surface area contributed by atoms with Gasteiger partial charge >= 0.3 is 0 Å². The van der Waals surface area contributed by atoms with E-state index in [4.69, 9.17) is 9.47 Å². The zero-order valence-electron chi connectivity index (χ0n) is 17.5. The maximum Gasteiger partial charge on any atom is 0.186 e. The molecule has 1 aliphatic heterocycles. The molecular formula is C21H34O8. The molecule has 1 heterocycles. The molecule has 2 aliphatic carbocycles. The molecule has 8 heteroatoms. The smallest absolute Gasteiger partial charge is 0.186 e. The minimum absolute atomic E-state index is 0.107. The predicted octanol–water partition coefficient (Wildman–Crippen LogP) is -0.106. The Morgan fingerprint density at radius 2 is 1.79 bits per heavy atom. The van der Waals surface area contributed by atoms with Gasteiger partial charge in [-0.3, -0.25) is 4.79 Å². The van der Waals surface area contributed by atoms with Crippen LogP contribution >= 0.6 is 0 Å². The van der Waals surface area contributed by atoms with Gasteiger partial charge in [0, 0.05) is 12.3 Å². The second-order valence-electron chi connectivity index (χ2n) is 9.43. The first kappa shape index (κ1) is 22.8. The van der Waals surface area contributed by atoms with Gasteiger partial charge in [-0.15, -0.1) is 0 Å². The number of hydrogen-bond acceptors (Lipinski definition) is 8. The van der Waals surface area contributed by atoms with Crippen LogP contribution in [0.1, 0.15) is 47.0 Å². The van der Waals surface area contributed by atoms with Gasteiger partial charge in [-0.2, -0.15) is 0 Å². The molecule has 0 spiro atoms. The van der Waals surface area contributed by atoms with Gasteiger partial charge in [0.05, 0.1) is 18.3 Å². The third kappa shape index (κ3) is 4.30. The number of hydrogen-bond donors (Lipinski definition) is 5. The molecule has 5 N–H and O–H groups in total. The van der Waals surface area contributed by atoms with Crippen LogP contribution < -0.4 is 0 Å². The average Bonchev–Trinajstić information content (AvgIpc) is 2.84. The summed E-state index contributed by atoms with van der Waals surface area (Å²) in [6.07, 6.45) is -5.76. The highest BCUT2D eigenvalue weighted by Crippen LogP contribution is 2.47. The van der Waals surface area contributed by atoms with E-state index in [0.717, 1.165) is 11.1 Å². The number of carbonyl (C=O) groups excluding carboxylic acids is 1. The molecule has 2 fully saturated rings. The Hall–Kier alpha value is -0.870. The molecule has 0 aromatic rings. The fraction of sp³-hybridized carbons (Fsp3) is 0.857. The van der Waals surface area contributed by atoms with Crippen molar-refractivity contribution in [1.29, 1.82) is 0 Å². The van der Waals surface area contributed by atoms with Gasteiger partial charge in [-0.25, -0.2) is 0 Å². The number of carbonyl (C=O) groups is 1. The Bertz CT molecular complexity index is 652. The molecule has 0 radical (unpaired) electrons. The lowest BCUT2D eigenvalue weighted by molar-refractivity contribution is -0.319. The zero-order chi connectivity index (χ0) is 21.7. The van der Waals surface area contributed by atoms with Gasteiger partial charge in [0.2, 0.25) is 0 Å². The third-order valence-electron chi connectivity index (χ3n) is 7.00. The van der Waals surface area contributed by atoms with Crippen molar-refractivity contribution < 1.29 is 39.8 Å². The fourth-order valence-corrected chi connectivity index (χ4v) is 5.05. The van der Waals surface area contributed by atoms with Crippen LogP contribution in [0.4, 0.5) is 0 Å². The van der Waals surface area contributed by atoms with Crippen molar-refractivity contribution in [2.24, 2.45) is 17.8 Å². The van der Waals surface area contributed by atoms with Crippen LogP contribution in [-0.2, 0) is 14.3 Å². The van der Waals surface area contributed by atoms with E-state index in [1.165, 1.54) is 0 Å². The number of aliphatic hydroxyl groups is 5. The van der Waals surface area contributed by atoms with Crippen molar-refractivity contribution in [1.82, 2.24) is 0 Å². The predicted molar refractivity (Wildman–Crippen MR) is 103 cm³/mol. The summed E-state index contributed by atoms with van der Waals surface area (Å²) in [6.45, 7) is 6.74. The first-order valence-electron chi connectivity index (χ1n) is 10.4. The minimum Gasteiger partial charge on any atom is -0.394 e. The van der Waals surface area contributed by atoms with E-state index in [-0.39, 0.29) is 23.5 Å². The molecule has 1 saturated heterocycles. The summed E-state index contributed by atoms with van der Waals surface area (Å²) >= 11 is 0. The van der Waals surface area contributed by atoms with Gasteiger partial charge in [-0.1, -0.05) is 12.5 Å². The monoisotopic (exact) mass is 414 g/mol. The zero-order valence-corrected chi connectivity index (χ0v) is 17.5. The molecule has 9 atom stereocenters. The van der Waals surface area contributed by atoms with E-state index >= 15 is 0 Å². The first-order valence-corrected chi connectivity index (χ1v) is 10.4. The van der Waals surface area contributed by atoms with Crippen molar-refractivity contribution in [3.05, 3.63) is 11.1 Å². The van der Waals surface area contributed by atoms with Crippen LogP contribution in [0.3, 0.4) is 0 Å². The topological polar surface area (TPSA) is 137 Å². The van der Waals surface area contributed by atoms with Crippen LogP contribution in [0, 0.1) is 17.8 Å². The van der Waals surface area contributed by atoms with Gasteiger partial charge in [0.25, 0.3) is 0 Å². The van der Waals surface area contributed by atoms with Gasteiger partial charge in [0.15, 0.2) is 12.1 Å². The molecule has 0 amide bonds. The number of ether oxygens (including phenoxy) is 2. The summed E-state index contributed by atoms with van der Waals surface area (Å²) < 4.78 is 11.6. The van der Waals surface area contributed by atoms with Crippen molar-refractivity contribution in [3.8, 4) is 0 Å². The van der Waals surface area contributed by atoms with Gasteiger partial charge in [0.1, 0.15) is 24.4 Å². The maximum atomic E-state index is 12.3. The van der Waals surface area contributed by atoms with Crippen molar-refractivity contribution in [2.75, 3.05) is 6.61 Å². The normalized spacial score (nSPS) is 44.0. The molecular weight excluding hydrogens is 380 g/mol. The molecule has 3 rings (SSSR count). The quantitative estimate of drug-likeness (QED) is 0.430. The largest absolute Gasteiger partial charge is 0.394 e. The van der Waals surface area contributed by atoms with Crippen LogP contribution in [0.2, 0.25) is 0 Å². The molecule has 0 bridgehead atoms. The summed E-state index contributed by atoms with van der Waals surface area (Å²) in [6, 6.07) is 0. The van der Waals surface area contributed by atoms with Crippen molar-refractivity contribution in [2.45, 2.75) is 89.4 Å². The molecule has 0 aromatic carbocycles. The maximum absolute atomic E-state index is 12.3. The average molecular weight is 414 g/mol. The van der Waals surface area contributed by atoms with Crippen LogP contribution in [0.25, 0.3) is 0 Å². The Labute approximate surface area is 171 Å². The third-order valence-corrected chi connectivity index (χ3v) is 7.00. The molecule has 0 aromatic heterocycles. The Morgan fingerprint density at radius 1 is 1.14 bits per heavy atom. The van der Waals surface area contributed by atoms with Crippen LogP contribution in [0.15, 0.2) is 11.1 Å². The Kier molecular flexibility index (Phi) is 6.56. The highest BCUT2D eigenvalue weighted by molar-refractivity contribution is 5.98. The van der Waals surface area contributed by atoms with E-state index < -0.39 is 49.0 Å². The second-order valence-corrected chi connectivity index (χ2v) is 9.43. The van der Waals surface area contributed by atoms with Gasteiger partial charge < -0.3 is 35.0 Å². The fourth-order valence-electron chi connectivity index (χ4n) is 5.05. The molecule has 0 unspecified atom stereocenters. The minimum atomic E-state index is -1.52. The molecule has 8 nitrogen and oxygen atoms in total. The van der Waals surface area contributed by atoms with Crippen molar-refractivity contribution in [3.63, 3.8) is 0 Å². The van der Waals surface area contributed by atoms with E-state index in [2.05, 4.69) is 0 Å². The number of Topliss-reactive ketones (excluding diaryl/α,β-unsaturated/α-hetero) is 1. The standard InChI is InChI=1S/C21H34O8/c1-9-5-15(28-20-19(26)18(25)17(24)16(8-22)29-20)13(21(3,4)27)6-12-10(2)14(23)7-11(9)12/h9,11,13,15-20,22,24-27H,5-8H2,1-4H3/t9-,11+,13-,15-,16+,17+,18-,19+,20+/m0/s1. The van der Waals surface area contributed by atoms with Crippen LogP contribution in [0.5, 0.6) is 0 Å². The number of aliphatic hydroxyl groups excluding tert-OH is 4. The van der Waals surface area contributed by atoms with Crippen LogP contribution in [-0.4, -0.2) is 80.3 Å². The highest BCUT2D eigenvalue weighted by atomic mass is 16.7. The molecule has 29 heavy (non-hydrogen) atoms. The molecule has 1 saturated carbocycles. The van der Waals surface area contributed by atoms with E-state index in [1.54, 1.807) is 13.8 Å². The SMILES string of the molecule is CC1=C2C[C@H](C(C)(C)O)[C@@H](O[C@@H]3O[C@H](CO)[C@@H](O)[C@H](O)[C@H]3O)C[C@H](C)[C@H]2CC1=O. The lowest BCUT2D eigenvalue weighted by atomic mass is 9.81. The summed E-state index contributed by atoms with van der Waals surface area (Å²) in [5, 5.41) is 50.7. The van der Waals surface area contributed by atoms with Gasteiger partial charge in [-0.05, 0) is 51.0 Å². The summed E-state index contributed by atoms with van der Waals surface area (Å²) in [4.78, 5) is 12.3. The number of fused-ring (bicyclic) bond motifs is 1.